The van der Waals surface area contributed by atoms with Crippen LogP contribution in [0.15, 0.2) is 29.3 Å². The average molecular weight is 525 g/mol. The van der Waals surface area contributed by atoms with Crippen molar-refractivity contribution < 1.29 is 8.42 Å². The fourth-order valence-electron chi connectivity index (χ4n) is 2.73. The van der Waals surface area contributed by atoms with Crippen LogP contribution in [-0.2, 0) is 16.6 Å². The highest BCUT2D eigenvalue weighted by Crippen LogP contribution is 2.22. The summed E-state index contributed by atoms with van der Waals surface area (Å²) in [6, 6.07) is 7.33. The smallest absolute Gasteiger partial charge is 0.229 e. The van der Waals surface area contributed by atoms with E-state index in [1.807, 2.05) is 25.1 Å². The van der Waals surface area contributed by atoms with E-state index in [-0.39, 0.29) is 29.4 Å². The molecule has 0 heterocycles. The van der Waals surface area contributed by atoms with Crippen LogP contribution in [0.25, 0.3) is 0 Å². The van der Waals surface area contributed by atoms with Crippen molar-refractivity contribution in [1.82, 2.24) is 10.6 Å². The lowest BCUT2D eigenvalue weighted by atomic mass is 9.87. The quantitative estimate of drug-likeness (QED) is 0.174. The van der Waals surface area contributed by atoms with Gasteiger partial charge in [0.15, 0.2) is 5.96 Å². The second kappa shape index (κ2) is 13.2. The molecule has 0 atom stereocenters. The van der Waals surface area contributed by atoms with Crippen molar-refractivity contribution in [3.05, 3.63) is 29.8 Å². The van der Waals surface area contributed by atoms with Crippen LogP contribution in [0.5, 0.6) is 0 Å². The first-order valence-electron chi connectivity index (χ1n) is 9.74. The molecule has 1 aromatic carbocycles. The molecule has 0 spiro atoms. The molecule has 0 bridgehead atoms. The summed E-state index contributed by atoms with van der Waals surface area (Å²) in [5, 5.41) is 6.69. The first kappa shape index (κ1) is 27.0. The van der Waals surface area contributed by atoms with Gasteiger partial charge in [0.2, 0.25) is 10.0 Å². The second-order valence-electron chi connectivity index (χ2n) is 7.70. The zero-order chi connectivity index (χ0) is 20.3. The highest BCUT2D eigenvalue weighted by molar-refractivity contribution is 14.0. The van der Waals surface area contributed by atoms with Crippen molar-refractivity contribution >= 4 is 45.6 Å². The molecule has 0 radical (unpaired) electrons. The van der Waals surface area contributed by atoms with Gasteiger partial charge in [-0.2, -0.15) is 0 Å². The molecule has 3 N–H and O–H groups in total. The lowest BCUT2D eigenvalue weighted by molar-refractivity contribution is 0.318. The number of sulfonamides is 1. The third-order valence-electron chi connectivity index (χ3n) is 4.26. The minimum atomic E-state index is -3.32. The Morgan fingerprint density at radius 3 is 2.39 bits per heavy atom. The Kier molecular flexibility index (Phi) is 12.8. The molecule has 0 aromatic heterocycles. The monoisotopic (exact) mass is 524 g/mol. The van der Waals surface area contributed by atoms with Gasteiger partial charge in [-0.15, -0.1) is 24.0 Å². The van der Waals surface area contributed by atoms with Crippen LogP contribution in [0.3, 0.4) is 0 Å². The molecule has 162 valence electrons. The molecule has 8 heteroatoms. The zero-order valence-electron chi connectivity index (χ0n) is 17.8. The number of guanidine groups is 1. The Morgan fingerprint density at radius 1 is 1.11 bits per heavy atom. The molecule has 0 amide bonds. The Balaban J connectivity index is 0.00000729. The Hall–Kier alpha value is -1.03. The standard InChI is InChI=1S/C20H36N4O2S.HI/c1-6-8-11-14-20(3,4)16-23-19(21-7-2)22-15-17-12-9-10-13-18(17)24-27(5,25)26;/h9-10,12-13,24H,6-8,11,14-16H2,1-5H3,(H2,21,22,23);1H. The van der Waals surface area contributed by atoms with Gasteiger partial charge in [-0.05, 0) is 30.4 Å². The van der Waals surface area contributed by atoms with Gasteiger partial charge < -0.3 is 10.6 Å². The summed E-state index contributed by atoms with van der Waals surface area (Å²) in [5.41, 5.74) is 1.60. The van der Waals surface area contributed by atoms with Gasteiger partial charge in [0.05, 0.1) is 18.5 Å². The molecule has 0 saturated carbocycles. The fourth-order valence-corrected chi connectivity index (χ4v) is 3.33. The van der Waals surface area contributed by atoms with Gasteiger partial charge in [0.25, 0.3) is 0 Å². The number of hydrogen-bond donors (Lipinski definition) is 3. The average Bonchev–Trinajstić information content (AvgIpc) is 2.57. The van der Waals surface area contributed by atoms with E-state index >= 15 is 0 Å². The van der Waals surface area contributed by atoms with E-state index in [1.54, 1.807) is 6.07 Å². The van der Waals surface area contributed by atoms with E-state index in [0.29, 0.717) is 12.2 Å². The lowest BCUT2D eigenvalue weighted by Crippen LogP contribution is -2.42. The van der Waals surface area contributed by atoms with Crippen molar-refractivity contribution in [3.63, 3.8) is 0 Å². The number of halogens is 1. The van der Waals surface area contributed by atoms with Gasteiger partial charge in [-0.3, -0.25) is 4.72 Å². The van der Waals surface area contributed by atoms with E-state index < -0.39 is 10.0 Å². The number of nitrogens with zero attached hydrogens (tertiary/aromatic N) is 1. The summed E-state index contributed by atoms with van der Waals surface area (Å²) in [4.78, 5) is 4.63. The Morgan fingerprint density at radius 2 is 1.79 bits per heavy atom. The largest absolute Gasteiger partial charge is 0.357 e. The number of anilines is 1. The number of aliphatic imine (C=N–C) groups is 1. The first-order valence-corrected chi connectivity index (χ1v) is 11.6. The molecular weight excluding hydrogens is 487 g/mol. The molecular formula is C20H37IN4O2S. The maximum Gasteiger partial charge on any atom is 0.229 e. The van der Waals surface area contributed by atoms with Crippen molar-refractivity contribution in [1.29, 1.82) is 0 Å². The predicted octanol–water partition coefficient (Wildman–Crippen LogP) is 4.34. The summed E-state index contributed by atoms with van der Waals surface area (Å²) < 4.78 is 25.6. The molecule has 28 heavy (non-hydrogen) atoms. The SMILES string of the molecule is CCCCCC(C)(C)CNC(=NCc1ccccc1NS(C)(=O)=O)NCC.I. The summed E-state index contributed by atoms with van der Waals surface area (Å²) >= 11 is 0. The van der Waals surface area contributed by atoms with Crippen LogP contribution in [0, 0.1) is 5.41 Å². The van der Waals surface area contributed by atoms with Crippen molar-refractivity contribution in [2.75, 3.05) is 24.1 Å². The predicted molar refractivity (Wildman–Crippen MR) is 131 cm³/mol. The van der Waals surface area contributed by atoms with Crippen LogP contribution in [0.2, 0.25) is 0 Å². The van der Waals surface area contributed by atoms with Gasteiger partial charge in [0, 0.05) is 13.1 Å². The Bertz CT molecular complexity index is 706. The number of hydrogen-bond acceptors (Lipinski definition) is 3. The summed E-state index contributed by atoms with van der Waals surface area (Å²) in [6.07, 6.45) is 6.06. The van der Waals surface area contributed by atoms with Crippen LogP contribution in [0.4, 0.5) is 5.69 Å². The van der Waals surface area contributed by atoms with E-state index in [4.69, 9.17) is 0 Å². The molecule has 0 unspecified atom stereocenters. The molecule has 1 rings (SSSR count). The highest BCUT2D eigenvalue weighted by Gasteiger charge is 2.17. The van der Waals surface area contributed by atoms with E-state index in [2.05, 4.69) is 41.1 Å². The molecule has 0 saturated heterocycles. The van der Waals surface area contributed by atoms with Crippen LogP contribution < -0.4 is 15.4 Å². The van der Waals surface area contributed by atoms with Crippen molar-refractivity contribution in [3.8, 4) is 0 Å². The van der Waals surface area contributed by atoms with Crippen molar-refractivity contribution in [2.45, 2.75) is 59.9 Å². The van der Waals surface area contributed by atoms with Gasteiger partial charge >= 0.3 is 0 Å². The summed E-state index contributed by atoms with van der Waals surface area (Å²) in [7, 11) is -3.32. The third kappa shape index (κ3) is 11.7. The van der Waals surface area contributed by atoms with Crippen LogP contribution in [-0.4, -0.2) is 33.7 Å². The number of benzene rings is 1. The third-order valence-corrected chi connectivity index (χ3v) is 4.85. The molecule has 6 nitrogen and oxygen atoms in total. The number of nitrogens with one attached hydrogen (secondary N) is 3. The number of para-hydroxylation sites is 1. The van der Waals surface area contributed by atoms with E-state index in [1.165, 1.54) is 25.7 Å². The maximum atomic E-state index is 11.5. The number of unbranched alkanes of at least 4 members (excludes halogenated alkanes) is 2. The summed E-state index contributed by atoms with van der Waals surface area (Å²) in [5.74, 6) is 0.746. The normalized spacial score (nSPS) is 12.2. The molecule has 0 fully saturated rings. The topological polar surface area (TPSA) is 82.6 Å². The van der Waals surface area contributed by atoms with E-state index in [9.17, 15) is 8.42 Å². The van der Waals surface area contributed by atoms with Gasteiger partial charge in [-0.25, -0.2) is 13.4 Å². The van der Waals surface area contributed by atoms with Crippen LogP contribution >= 0.6 is 24.0 Å². The van der Waals surface area contributed by atoms with Gasteiger partial charge in [0.1, 0.15) is 0 Å². The van der Waals surface area contributed by atoms with Crippen LogP contribution in [0.1, 0.15) is 58.9 Å². The number of rotatable bonds is 11. The van der Waals surface area contributed by atoms with E-state index in [0.717, 1.165) is 30.9 Å². The molecule has 0 aliphatic heterocycles. The van der Waals surface area contributed by atoms with Gasteiger partial charge in [-0.1, -0.05) is 58.2 Å². The molecule has 0 aliphatic carbocycles. The fraction of sp³-hybridized carbons (Fsp3) is 0.650. The maximum absolute atomic E-state index is 11.5. The van der Waals surface area contributed by atoms with Crippen molar-refractivity contribution in [2.24, 2.45) is 10.4 Å². The minimum absolute atomic E-state index is 0. The highest BCUT2D eigenvalue weighted by atomic mass is 127. The molecule has 1 aromatic rings. The molecule has 0 aliphatic rings. The Labute approximate surface area is 188 Å². The zero-order valence-corrected chi connectivity index (χ0v) is 21.0. The minimum Gasteiger partial charge on any atom is -0.357 e. The first-order chi connectivity index (χ1) is 12.7. The summed E-state index contributed by atoms with van der Waals surface area (Å²) in [6.45, 7) is 10.8. The second-order valence-corrected chi connectivity index (χ2v) is 9.45. The lowest BCUT2D eigenvalue weighted by Gasteiger charge is -2.26.